The molecule has 0 radical (unpaired) electrons. The van der Waals surface area contributed by atoms with Crippen molar-refractivity contribution in [2.75, 3.05) is 26.4 Å². The Bertz CT molecular complexity index is 1130. The zero-order valence-electron chi connectivity index (χ0n) is 23.0. The average Bonchev–Trinajstić information content (AvgIpc) is 2.79. The van der Waals surface area contributed by atoms with Gasteiger partial charge in [0.05, 0.1) is 31.8 Å². The highest BCUT2D eigenvalue weighted by molar-refractivity contribution is 7.49. The second kappa shape index (κ2) is 9.82. The summed E-state index contributed by atoms with van der Waals surface area (Å²) in [5.41, 5.74) is 2.72. The number of aryl methyl sites for hydroxylation is 2. The molecule has 4 rings (SSSR count). The highest BCUT2D eigenvalue weighted by atomic mass is 31.2. The molecule has 8 nitrogen and oxygen atoms in total. The first kappa shape index (κ1) is 28.4. The minimum absolute atomic E-state index is 0.00123. The SMILES string of the molecule is Cc1ccc(OP2(=O)OCC3(CO2)COP(=O)(Oc2ccc(C)cc2C(C)(C)C)OC3)c(C(C)(C)C)c1. The Balaban J connectivity index is 1.42. The van der Waals surface area contributed by atoms with Crippen LogP contribution >= 0.6 is 15.6 Å². The maximum atomic E-state index is 13.3. The molecule has 2 fully saturated rings. The van der Waals surface area contributed by atoms with Crippen LogP contribution in [0, 0.1) is 19.3 Å². The standard InChI is InChI=1S/C27H38O8P2/c1-19-9-11-23(21(13-19)25(3,4)5)34-36(28)30-15-27(16-31-36)17-32-37(29,33-18-27)35-24-12-10-20(2)14-22(24)26(6,7)8/h9-14H,15-18H2,1-8H3. The van der Waals surface area contributed by atoms with E-state index in [1.165, 1.54) is 0 Å². The Morgan fingerprint density at radius 1 is 0.649 bits per heavy atom. The summed E-state index contributed by atoms with van der Waals surface area (Å²) in [7, 11) is -7.74. The molecule has 204 valence electrons. The zero-order valence-corrected chi connectivity index (χ0v) is 24.7. The maximum Gasteiger partial charge on any atom is 0.530 e. The lowest BCUT2D eigenvalue weighted by atomic mass is 9.85. The first-order chi connectivity index (χ1) is 17.0. The molecule has 10 heteroatoms. The van der Waals surface area contributed by atoms with Crippen LogP contribution in [0.3, 0.4) is 0 Å². The molecule has 0 aliphatic carbocycles. The molecule has 2 aromatic carbocycles. The van der Waals surface area contributed by atoms with Crippen LogP contribution in [0.2, 0.25) is 0 Å². The van der Waals surface area contributed by atoms with E-state index in [-0.39, 0.29) is 37.3 Å². The van der Waals surface area contributed by atoms with Crippen LogP contribution in [0.15, 0.2) is 36.4 Å². The van der Waals surface area contributed by atoms with Gasteiger partial charge < -0.3 is 9.05 Å². The molecule has 2 aliphatic rings. The van der Waals surface area contributed by atoms with Gasteiger partial charge in [-0.15, -0.1) is 0 Å². The van der Waals surface area contributed by atoms with Crippen LogP contribution in [-0.2, 0) is 38.1 Å². The van der Waals surface area contributed by atoms with Crippen LogP contribution < -0.4 is 9.05 Å². The van der Waals surface area contributed by atoms with Crippen LogP contribution in [0.5, 0.6) is 11.5 Å². The number of hydrogen-bond acceptors (Lipinski definition) is 8. The van der Waals surface area contributed by atoms with Crippen molar-refractivity contribution >= 4 is 15.6 Å². The third-order valence-electron chi connectivity index (χ3n) is 6.42. The van der Waals surface area contributed by atoms with Gasteiger partial charge in [0, 0.05) is 11.1 Å². The minimum atomic E-state index is -3.87. The van der Waals surface area contributed by atoms with E-state index in [4.69, 9.17) is 27.1 Å². The smallest absolute Gasteiger partial charge is 0.404 e. The predicted octanol–water partition coefficient (Wildman–Crippen LogP) is 7.65. The maximum absolute atomic E-state index is 13.3. The second-order valence-electron chi connectivity index (χ2n) is 12.2. The molecule has 0 unspecified atom stereocenters. The zero-order chi connectivity index (χ0) is 27.3. The lowest BCUT2D eigenvalue weighted by Gasteiger charge is -2.41. The van der Waals surface area contributed by atoms with Gasteiger partial charge in [0.25, 0.3) is 0 Å². The van der Waals surface area contributed by atoms with Gasteiger partial charge in [-0.05, 0) is 36.8 Å². The van der Waals surface area contributed by atoms with Gasteiger partial charge in [0.15, 0.2) is 0 Å². The average molecular weight is 553 g/mol. The molecular formula is C27H38O8P2. The summed E-state index contributed by atoms with van der Waals surface area (Å²) in [6.07, 6.45) is 0. The van der Waals surface area contributed by atoms with Crippen LogP contribution in [0.25, 0.3) is 0 Å². The van der Waals surface area contributed by atoms with Crippen molar-refractivity contribution in [1.29, 1.82) is 0 Å². The normalized spacial score (nSPS) is 28.8. The van der Waals surface area contributed by atoms with E-state index in [2.05, 4.69) is 41.5 Å². The van der Waals surface area contributed by atoms with E-state index in [1.54, 1.807) is 12.1 Å². The fourth-order valence-electron chi connectivity index (χ4n) is 4.15. The lowest BCUT2D eigenvalue weighted by Crippen LogP contribution is -2.46. The topological polar surface area (TPSA) is 89.5 Å². The molecule has 0 N–H and O–H groups in total. The van der Waals surface area contributed by atoms with Crippen molar-refractivity contribution in [1.82, 2.24) is 0 Å². The molecule has 1 spiro atoms. The van der Waals surface area contributed by atoms with Crippen molar-refractivity contribution in [3.8, 4) is 11.5 Å². The Labute approximate surface area is 220 Å². The van der Waals surface area contributed by atoms with Crippen LogP contribution in [0.1, 0.15) is 63.8 Å². The molecule has 2 saturated heterocycles. The van der Waals surface area contributed by atoms with E-state index in [1.807, 2.05) is 38.1 Å². The molecule has 0 atom stereocenters. The van der Waals surface area contributed by atoms with E-state index < -0.39 is 21.1 Å². The third-order valence-corrected chi connectivity index (χ3v) is 9.04. The first-order valence-corrected chi connectivity index (χ1v) is 15.3. The van der Waals surface area contributed by atoms with E-state index in [0.29, 0.717) is 11.5 Å². The molecule has 0 bridgehead atoms. The number of phosphoric ester groups is 2. The summed E-state index contributed by atoms with van der Waals surface area (Å²) < 4.78 is 60.8. The number of phosphoric acid groups is 2. The van der Waals surface area contributed by atoms with Crippen molar-refractivity contribution < 1.29 is 36.3 Å². The molecule has 2 aromatic rings. The Morgan fingerprint density at radius 3 is 1.27 bits per heavy atom. The van der Waals surface area contributed by atoms with Gasteiger partial charge in [0.2, 0.25) is 0 Å². The van der Waals surface area contributed by atoms with Gasteiger partial charge in [-0.2, -0.15) is 0 Å². The molecule has 0 saturated carbocycles. The lowest BCUT2D eigenvalue weighted by molar-refractivity contribution is -0.0854. The molecule has 37 heavy (non-hydrogen) atoms. The van der Waals surface area contributed by atoms with Crippen molar-refractivity contribution in [3.63, 3.8) is 0 Å². The highest BCUT2D eigenvalue weighted by Gasteiger charge is 2.51. The Hall–Kier alpha value is -1.66. The second-order valence-corrected chi connectivity index (χ2v) is 15.4. The molecular weight excluding hydrogens is 514 g/mol. The Kier molecular flexibility index (Phi) is 7.53. The number of hydrogen-bond donors (Lipinski definition) is 0. The summed E-state index contributed by atoms with van der Waals surface area (Å²) >= 11 is 0. The van der Waals surface area contributed by atoms with Gasteiger partial charge in [0.1, 0.15) is 11.5 Å². The molecule has 2 heterocycles. The monoisotopic (exact) mass is 552 g/mol. The van der Waals surface area contributed by atoms with E-state index in [9.17, 15) is 9.13 Å². The third kappa shape index (κ3) is 6.50. The minimum Gasteiger partial charge on any atom is -0.404 e. The summed E-state index contributed by atoms with van der Waals surface area (Å²) in [5.74, 6) is 0.915. The van der Waals surface area contributed by atoms with Crippen molar-refractivity contribution in [3.05, 3.63) is 58.7 Å². The fourth-order valence-corrected chi connectivity index (χ4v) is 7.04. The molecule has 0 amide bonds. The van der Waals surface area contributed by atoms with Gasteiger partial charge >= 0.3 is 15.6 Å². The molecule has 2 aliphatic heterocycles. The largest absolute Gasteiger partial charge is 0.530 e. The van der Waals surface area contributed by atoms with E-state index >= 15 is 0 Å². The quantitative estimate of drug-likeness (QED) is 0.357. The summed E-state index contributed by atoms with van der Waals surface area (Å²) in [6.45, 7) is 16.3. The van der Waals surface area contributed by atoms with Gasteiger partial charge in [-0.1, -0.05) is 76.9 Å². The highest BCUT2D eigenvalue weighted by Crippen LogP contribution is 2.60. The van der Waals surface area contributed by atoms with Gasteiger partial charge in [-0.3, -0.25) is 18.1 Å². The Morgan fingerprint density at radius 2 is 0.973 bits per heavy atom. The van der Waals surface area contributed by atoms with Crippen LogP contribution in [-0.4, -0.2) is 26.4 Å². The van der Waals surface area contributed by atoms with Crippen molar-refractivity contribution in [2.45, 2.75) is 66.2 Å². The van der Waals surface area contributed by atoms with E-state index in [0.717, 1.165) is 22.3 Å². The summed E-state index contributed by atoms with van der Waals surface area (Å²) in [5, 5.41) is 0. The number of rotatable bonds is 4. The summed E-state index contributed by atoms with van der Waals surface area (Å²) in [6, 6.07) is 11.4. The molecule has 0 aromatic heterocycles. The first-order valence-electron chi connectivity index (χ1n) is 12.4. The number of benzene rings is 2. The van der Waals surface area contributed by atoms with Crippen LogP contribution in [0.4, 0.5) is 0 Å². The van der Waals surface area contributed by atoms with Gasteiger partial charge in [-0.25, -0.2) is 9.13 Å². The predicted molar refractivity (Wildman–Crippen MR) is 142 cm³/mol. The fraction of sp³-hybridized carbons (Fsp3) is 0.556. The van der Waals surface area contributed by atoms with Crippen molar-refractivity contribution in [2.24, 2.45) is 5.41 Å². The summed E-state index contributed by atoms with van der Waals surface area (Å²) in [4.78, 5) is 0.